The first kappa shape index (κ1) is 19.8. The lowest BCUT2D eigenvalue weighted by Gasteiger charge is -2.42. The quantitative estimate of drug-likeness (QED) is 0.678. The van der Waals surface area contributed by atoms with E-state index in [2.05, 4.69) is 5.10 Å². The van der Waals surface area contributed by atoms with Gasteiger partial charge >= 0.3 is 0 Å². The van der Waals surface area contributed by atoms with E-state index in [1.807, 2.05) is 32.2 Å². The highest BCUT2D eigenvalue weighted by Crippen LogP contribution is 2.30. The van der Waals surface area contributed by atoms with Crippen molar-refractivity contribution in [2.24, 2.45) is 12.2 Å². The molecule has 0 spiro atoms. The fourth-order valence-electron chi connectivity index (χ4n) is 3.08. The topological polar surface area (TPSA) is 111 Å². The number of primary sulfonamides is 1. The van der Waals surface area contributed by atoms with Crippen molar-refractivity contribution in [3.8, 4) is 0 Å². The predicted octanol–water partition coefficient (Wildman–Crippen LogP) is -0.681. The van der Waals surface area contributed by atoms with Gasteiger partial charge < -0.3 is 14.5 Å². The number of rotatable bonds is 7. The number of likely N-dealkylation sites (N-methyl/N-ethyl adjacent to an activating group) is 1. The van der Waals surface area contributed by atoms with E-state index >= 15 is 0 Å². The molecule has 2 rings (SSSR count). The Balaban J connectivity index is 2.16. The van der Waals surface area contributed by atoms with Gasteiger partial charge in [-0.3, -0.25) is 9.48 Å². The summed E-state index contributed by atoms with van der Waals surface area (Å²) in [5.41, 5.74) is 0.911. The molecule has 0 unspecified atom stereocenters. The Labute approximate surface area is 148 Å². The lowest BCUT2D eigenvalue weighted by molar-refractivity contribution is -0.148. The SMILES string of the molecule is CN(C)C[C@@H]1OCCN(C(=O)CCCS(N)(=O)=O)[C@H]1c1cnn(C)c1. The number of hydrogen-bond donors (Lipinski definition) is 1. The number of nitrogens with two attached hydrogens (primary N) is 1. The van der Waals surface area contributed by atoms with Crippen LogP contribution in [0.15, 0.2) is 12.4 Å². The number of hydrogen-bond acceptors (Lipinski definition) is 6. The second kappa shape index (κ2) is 8.26. The van der Waals surface area contributed by atoms with Crippen molar-refractivity contribution in [3.63, 3.8) is 0 Å². The van der Waals surface area contributed by atoms with E-state index in [0.717, 1.165) is 5.56 Å². The molecule has 0 aliphatic carbocycles. The average Bonchev–Trinajstić information content (AvgIpc) is 2.91. The minimum absolute atomic E-state index is 0.0930. The molecular weight excluding hydrogens is 346 g/mol. The maximum atomic E-state index is 12.7. The van der Waals surface area contributed by atoms with Crippen LogP contribution >= 0.6 is 0 Å². The molecule has 1 aromatic heterocycles. The molecule has 1 fully saturated rings. The number of ether oxygens (including phenoxy) is 1. The predicted molar refractivity (Wildman–Crippen MR) is 93.2 cm³/mol. The van der Waals surface area contributed by atoms with E-state index < -0.39 is 10.0 Å². The van der Waals surface area contributed by atoms with E-state index in [0.29, 0.717) is 19.7 Å². The molecule has 10 heteroatoms. The first-order valence-electron chi connectivity index (χ1n) is 8.22. The lowest BCUT2D eigenvalue weighted by Crippen LogP contribution is -2.51. The number of morpholine rings is 1. The van der Waals surface area contributed by atoms with E-state index in [-0.39, 0.29) is 36.6 Å². The van der Waals surface area contributed by atoms with Crippen molar-refractivity contribution >= 4 is 15.9 Å². The highest BCUT2D eigenvalue weighted by molar-refractivity contribution is 7.89. The second-order valence-corrected chi connectivity index (χ2v) is 8.36. The minimum atomic E-state index is -3.55. The molecule has 0 aromatic carbocycles. The molecule has 9 nitrogen and oxygen atoms in total. The Kier molecular flexibility index (Phi) is 6.55. The first-order valence-corrected chi connectivity index (χ1v) is 9.94. The van der Waals surface area contributed by atoms with E-state index in [1.54, 1.807) is 15.8 Å². The van der Waals surface area contributed by atoms with Crippen LogP contribution in [0.2, 0.25) is 0 Å². The van der Waals surface area contributed by atoms with Crippen LogP contribution in [0.5, 0.6) is 0 Å². The minimum Gasteiger partial charge on any atom is -0.373 e. The van der Waals surface area contributed by atoms with Crippen LogP contribution in [0, 0.1) is 0 Å². The molecule has 2 atom stereocenters. The van der Waals surface area contributed by atoms with Crippen molar-refractivity contribution in [2.45, 2.75) is 25.0 Å². The summed E-state index contributed by atoms with van der Waals surface area (Å²) in [6.07, 6.45) is 3.81. The van der Waals surface area contributed by atoms with Gasteiger partial charge in [-0.05, 0) is 20.5 Å². The summed E-state index contributed by atoms with van der Waals surface area (Å²) in [7, 11) is 2.18. The summed E-state index contributed by atoms with van der Waals surface area (Å²) in [5, 5.41) is 9.22. The third-order valence-corrected chi connectivity index (χ3v) is 4.96. The van der Waals surface area contributed by atoms with Gasteiger partial charge in [0.05, 0.1) is 30.7 Å². The van der Waals surface area contributed by atoms with Gasteiger partial charge in [0.25, 0.3) is 0 Å². The second-order valence-electron chi connectivity index (χ2n) is 6.62. The molecule has 0 saturated carbocycles. The zero-order valence-corrected chi connectivity index (χ0v) is 15.8. The summed E-state index contributed by atoms with van der Waals surface area (Å²) in [5.74, 6) is -0.286. The van der Waals surface area contributed by atoms with Crippen molar-refractivity contribution in [1.29, 1.82) is 0 Å². The Morgan fingerprint density at radius 1 is 1.48 bits per heavy atom. The molecule has 1 aliphatic heterocycles. The van der Waals surface area contributed by atoms with E-state index in [9.17, 15) is 13.2 Å². The molecular formula is C15H27N5O4S. The molecule has 1 aliphatic rings. The number of carbonyl (C=O) groups is 1. The molecule has 1 amide bonds. The molecule has 1 aromatic rings. The summed E-state index contributed by atoms with van der Waals surface area (Å²) in [6, 6.07) is -0.244. The number of aromatic nitrogens is 2. The summed E-state index contributed by atoms with van der Waals surface area (Å²) in [4.78, 5) is 16.5. The van der Waals surface area contributed by atoms with E-state index in [1.165, 1.54) is 0 Å². The monoisotopic (exact) mass is 373 g/mol. The number of nitrogens with zero attached hydrogens (tertiary/aromatic N) is 4. The standard InChI is InChI=1S/C15H27N5O4S/c1-18(2)11-13-15(12-9-17-19(3)10-12)20(6-7-24-13)14(21)5-4-8-25(16,22)23/h9-10,13,15H,4-8,11H2,1-3H3,(H2,16,22,23)/t13-,15-/m0/s1. The maximum Gasteiger partial charge on any atom is 0.223 e. The van der Waals surface area contributed by atoms with Crippen LogP contribution in [-0.4, -0.2) is 79.6 Å². The number of carbonyl (C=O) groups excluding carboxylic acids is 1. The average molecular weight is 373 g/mol. The fourth-order valence-corrected chi connectivity index (χ4v) is 3.63. The maximum absolute atomic E-state index is 12.7. The third kappa shape index (κ3) is 5.77. The Hall–Kier alpha value is -1.49. The molecule has 25 heavy (non-hydrogen) atoms. The van der Waals surface area contributed by atoms with Crippen molar-refractivity contribution in [3.05, 3.63) is 18.0 Å². The zero-order chi connectivity index (χ0) is 18.6. The summed E-state index contributed by atoms with van der Waals surface area (Å²) < 4.78 is 29.7. The Morgan fingerprint density at radius 3 is 2.76 bits per heavy atom. The van der Waals surface area contributed by atoms with Crippen molar-refractivity contribution in [1.82, 2.24) is 19.6 Å². The van der Waals surface area contributed by atoms with Crippen LogP contribution in [-0.2, 0) is 26.6 Å². The Bertz CT molecular complexity index is 688. The highest BCUT2D eigenvalue weighted by Gasteiger charge is 2.37. The summed E-state index contributed by atoms with van der Waals surface area (Å²) in [6.45, 7) is 1.59. The smallest absolute Gasteiger partial charge is 0.223 e. The third-order valence-electron chi connectivity index (χ3n) is 4.10. The van der Waals surface area contributed by atoms with Crippen LogP contribution in [0.4, 0.5) is 0 Å². The zero-order valence-electron chi connectivity index (χ0n) is 15.0. The van der Waals surface area contributed by atoms with E-state index in [4.69, 9.17) is 9.88 Å². The lowest BCUT2D eigenvalue weighted by atomic mass is 10.00. The molecule has 1 saturated heterocycles. The molecule has 0 bridgehead atoms. The molecule has 0 radical (unpaired) electrons. The molecule has 2 N–H and O–H groups in total. The molecule has 2 heterocycles. The van der Waals surface area contributed by atoms with Crippen molar-refractivity contribution in [2.75, 3.05) is 39.5 Å². The van der Waals surface area contributed by atoms with Crippen LogP contribution in [0.3, 0.4) is 0 Å². The number of sulfonamides is 1. The number of aryl methyl sites for hydroxylation is 1. The van der Waals surface area contributed by atoms with Crippen LogP contribution in [0.25, 0.3) is 0 Å². The van der Waals surface area contributed by atoms with Gasteiger partial charge in [0, 0.05) is 38.3 Å². The normalized spacial score (nSPS) is 21.7. The van der Waals surface area contributed by atoms with Gasteiger partial charge in [-0.25, -0.2) is 13.6 Å². The largest absolute Gasteiger partial charge is 0.373 e. The van der Waals surface area contributed by atoms with Crippen LogP contribution in [0.1, 0.15) is 24.4 Å². The van der Waals surface area contributed by atoms with Gasteiger partial charge in [0.1, 0.15) is 0 Å². The van der Waals surface area contributed by atoms with Gasteiger partial charge in [-0.1, -0.05) is 0 Å². The fraction of sp³-hybridized carbons (Fsp3) is 0.733. The first-order chi connectivity index (χ1) is 11.7. The van der Waals surface area contributed by atoms with Gasteiger partial charge in [0.2, 0.25) is 15.9 Å². The highest BCUT2D eigenvalue weighted by atomic mass is 32.2. The Morgan fingerprint density at radius 2 is 2.20 bits per heavy atom. The van der Waals surface area contributed by atoms with Crippen molar-refractivity contribution < 1.29 is 17.9 Å². The van der Waals surface area contributed by atoms with Gasteiger partial charge in [0.15, 0.2) is 0 Å². The van der Waals surface area contributed by atoms with Gasteiger partial charge in [-0.15, -0.1) is 0 Å². The van der Waals surface area contributed by atoms with Gasteiger partial charge in [-0.2, -0.15) is 5.10 Å². The van der Waals surface area contributed by atoms with Crippen LogP contribution < -0.4 is 5.14 Å². The summed E-state index contributed by atoms with van der Waals surface area (Å²) >= 11 is 0. The molecule has 142 valence electrons. The number of amides is 1.